The van der Waals surface area contributed by atoms with Gasteiger partial charge in [0, 0.05) is 6.42 Å². The molecule has 0 bridgehead atoms. The molecular weight excluding hydrogens is 148 g/mol. The predicted molar refractivity (Wildman–Crippen MR) is 48.8 cm³/mol. The van der Waals surface area contributed by atoms with E-state index >= 15 is 0 Å². The molecule has 1 nitrogen and oxygen atoms in total. The lowest BCUT2D eigenvalue weighted by molar-refractivity contribution is -0.115. The Kier molecular flexibility index (Phi) is 2.03. The molecule has 0 radical (unpaired) electrons. The Morgan fingerprint density at radius 3 is 3.00 bits per heavy atom. The van der Waals surface area contributed by atoms with Crippen molar-refractivity contribution in [3.05, 3.63) is 11.6 Å². The number of rotatable bonds is 0. The van der Waals surface area contributed by atoms with Gasteiger partial charge in [0.15, 0.2) is 5.78 Å². The van der Waals surface area contributed by atoms with E-state index in [1.165, 1.54) is 24.8 Å². The van der Waals surface area contributed by atoms with Crippen LogP contribution in [-0.4, -0.2) is 5.78 Å². The highest BCUT2D eigenvalue weighted by molar-refractivity contribution is 5.91. The summed E-state index contributed by atoms with van der Waals surface area (Å²) in [5.74, 6) is 1.92. The monoisotopic (exact) mass is 164 g/mol. The van der Waals surface area contributed by atoms with Crippen LogP contribution in [-0.2, 0) is 4.79 Å². The average molecular weight is 164 g/mol. The van der Waals surface area contributed by atoms with Gasteiger partial charge in [0.1, 0.15) is 0 Å². The van der Waals surface area contributed by atoms with Gasteiger partial charge in [-0.3, -0.25) is 4.79 Å². The zero-order valence-electron chi connectivity index (χ0n) is 7.68. The highest BCUT2D eigenvalue weighted by Gasteiger charge is 2.26. The molecule has 0 amide bonds. The highest BCUT2D eigenvalue weighted by Crippen LogP contribution is 2.38. The summed E-state index contributed by atoms with van der Waals surface area (Å²) >= 11 is 0. The number of allylic oxidation sites excluding steroid dienone is 2. The van der Waals surface area contributed by atoms with Crippen LogP contribution in [0.1, 0.15) is 39.0 Å². The van der Waals surface area contributed by atoms with E-state index in [9.17, 15) is 4.79 Å². The van der Waals surface area contributed by atoms with Crippen molar-refractivity contribution in [2.75, 3.05) is 0 Å². The maximum Gasteiger partial charge on any atom is 0.155 e. The lowest BCUT2D eigenvalue weighted by Gasteiger charge is -2.31. The number of fused-ring (bicyclic) bond motifs is 1. The Hall–Kier alpha value is -0.590. The molecule has 1 fully saturated rings. The molecule has 0 N–H and O–H groups in total. The van der Waals surface area contributed by atoms with Crippen molar-refractivity contribution in [2.45, 2.75) is 39.0 Å². The van der Waals surface area contributed by atoms with Crippen LogP contribution in [0.2, 0.25) is 0 Å². The van der Waals surface area contributed by atoms with Gasteiger partial charge < -0.3 is 0 Å². The van der Waals surface area contributed by atoms with Gasteiger partial charge in [0.05, 0.1) is 0 Å². The third-order valence-electron chi connectivity index (χ3n) is 3.20. The molecule has 12 heavy (non-hydrogen) atoms. The molecule has 0 aromatic rings. The minimum Gasteiger partial charge on any atom is -0.295 e. The summed E-state index contributed by atoms with van der Waals surface area (Å²) in [5, 5.41) is 0. The Balaban J connectivity index is 2.15. The smallest absolute Gasteiger partial charge is 0.155 e. The van der Waals surface area contributed by atoms with Crippen molar-refractivity contribution >= 4 is 5.78 Å². The number of ketones is 1. The standard InChI is InChI=1S/C11H16O/c1-8-2-3-9-4-5-11(12)7-10(9)6-8/h7-9H,2-6H2,1H3. The first-order valence-corrected chi connectivity index (χ1v) is 4.99. The Bertz CT molecular complexity index is 227. The van der Waals surface area contributed by atoms with Gasteiger partial charge in [-0.25, -0.2) is 0 Å². The molecule has 1 heteroatoms. The summed E-state index contributed by atoms with van der Waals surface area (Å²) in [7, 11) is 0. The van der Waals surface area contributed by atoms with Crippen LogP contribution in [0, 0.1) is 11.8 Å². The molecule has 0 saturated heterocycles. The van der Waals surface area contributed by atoms with Gasteiger partial charge >= 0.3 is 0 Å². The van der Waals surface area contributed by atoms with Crippen LogP contribution < -0.4 is 0 Å². The van der Waals surface area contributed by atoms with Gasteiger partial charge in [-0.05, 0) is 43.6 Å². The van der Waals surface area contributed by atoms with Crippen molar-refractivity contribution in [3.8, 4) is 0 Å². The first-order valence-electron chi connectivity index (χ1n) is 4.99. The normalized spacial score (nSPS) is 35.8. The molecule has 2 rings (SSSR count). The van der Waals surface area contributed by atoms with E-state index in [0.29, 0.717) is 5.78 Å². The van der Waals surface area contributed by atoms with Crippen molar-refractivity contribution < 1.29 is 4.79 Å². The van der Waals surface area contributed by atoms with Crippen LogP contribution >= 0.6 is 0 Å². The van der Waals surface area contributed by atoms with Crippen molar-refractivity contribution in [1.29, 1.82) is 0 Å². The fourth-order valence-electron chi connectivity index (χ4n) is 2.44. The summed E-state index contributed by atoms with van der Waals surface area (Å²) in [6.45, 7) is 2.29. The van der Waals surface area contributed by atoms with E-state index in [4.69, 9.17) is 0 Å². The zero-order valence-corrected chi connectivity index (χ0v) is 7.68. The highest BCUT2D eigenvalue weighted by atomic mass is 16.1. The molecule has 2 aliphatic carbocycles. The molecule has 0 aliphatic heterocycles. The fourth-order valence-corrected chi connectivity index (χ4v) is 2.44. The van der Waals surface area contributed by atoms with Crippen LogP contribution in [0.5, 0.6) is 0 Å². The minimum absolute atomic E-state index is 0.357. The maximum absolute atomic E-state index is 11.1. The van der Waals surface area contributed by atoms with E-state index in [2.05, 4.69) is 6.92 Å². The molecule has 0 aromatic carbocycles. The molecule has 2 atom stereocenters. The van der Waals surface area contributed by atoms with Gasteiger partial charge in [-0.15, -0.1) is 0 Å². The summed E-state index contributed by atoms with van der Waals surface area (Å²) in [4.78, 5) is 11.1. The number of carbonyl (C=O) groups excluding carboxylic acids is 1. The van der Waals surface area contributed by atoms with E-state index in [-0.39, 0.29) is 0 Å². The van der Waals surface area contributed by atoms with E-state index in [0.717, 1.165) is 24.7 Å². The topological polar surface area (TPSA) is 17.1 Å². The third-order valence-corrected chi connectivity index (χ3v) is 3.20. The predicted octanol–water partition coefficient (Wildman–Crippen LogP) is 2.71. The summed E-state index contributed by atoms with van der Waals surface area (Å²) in [6, 6.07) is 0. The number of hydrogen-bond donors (Lipinski definition) is 0. The molecule has 1 saturated carbocycles. The second-order valence-electron chi connectivity index (χ2n) is 4.31. The van der Waals surface area contributed by atoms with Crippen LogP contribution in [0.15, 0.2) is 11.6 Å². The molecule has 2 unspecified atom stereocenters. The second kappa shape index (κ2) is 3.04. The second-order valence-corrected chi connectivity index (χ2v) is 4.31. The van der Waals surface area contributed by atoms with E-state index in [1.54, 1.807) is 0 Å². The van der Waals surface area contributed by atoms with E-state index < -0.39 is 0 Å². The SMILES string of the molecule is CC1CCC2CCC(=O)C=C2C1. The molecule has 0 heterocycles. The van der Waals surface area contributed by atoms with Crippen molar-refractivity contribution in [2.24, 2.45) is 11.8 Å². The molecule has 2 aliphatic rings. The molecule has 0 spiro atoms. The van der Waals surface area contributed by atoms with Crippen molar-refractivity contribution in [1.82, 2.24) is 0 Å². The largest absolute Gasteiger partial charge is 0.295 e. The summed E-state index contributed by atoms with van der Waals surface area (Å²) in [6.07, 6.45) is 7.69. The van der Waals surface area contributed by atoms with Crippen LogP contribution in [0.4, 0.5) is 0 Å². The van der Waals surface area contributed by atoms with Gasteiger partial charge in [0.2, 0.25) is 0 Å². The maximum atomic E-state index is 11.1. The Morgan fingerprint density at radius 2 is 2.17 bits per heavy atom. The third kappa shape index (κ3) is 1.45. The number of carbonyl (C=O) groups is 1. The lowest BCUT2D eigenvalue weighted by atomic mass is 9.74. The van der Waals surface area contributed by atoms with Gasteiger partial charge in [0.25, 0.3) is 0 Å². The summed E-state index contributed by atoms with van der Waals surface area (Å²) in [5.41, 5.74) is 1.45. The lowest BCUT2D eigenvalue weighted by Crippen LogP contribution is -2.20. The minimum atomic E-state index is 0.357. The van der Waals surface area contributed by atoms with Crippen molar-refractivity contribution in [3.63, 3.8) is 0 Å². The Labute approximate surface area is 73.8 Å². The quantitative estimate of drug-likeness (QED) is 0.538. The molecular formula is C11H16O. The van der Waals surface area contributed by atoms with Crippen LogP contribution in [0.3, 0.4) is 0 Å². The van der Waals surface area contributed by atoms with E-state index in [1.807, 2.05) is 6.08 Å². The number of hydrogen-bond acceptors (Lipinski definition) is 1. The van der Waals surface area contributed by atoms with Crippen LogP contribution in [0.25, 0.3) is 0 Å². The molecule has 0 aromatic heterocycles. The first-order chi connectivity index (χ1) is 5.75. The average Bonchev–Trinajstić information content (AvgIpc) is 2.03. The molecule has 66 valence electrons. The first kappa shape index (κ1) is 8.03. The fraction of sp³-hybridized carbons (Fsp3) is 0.727. The van der Waals surface area contributed by atoms with Gasteiger partial charge in [-0.2, -0.15) is 0 Å². The Morgan fingerprint density at radius 1 is 1.33 bits per heavy atom. The summed E-state index contributed by atoms with van der Waals surface area (Å²) < 4.78 is 0. The van der Waals surface area contributed by atoms with Gasteiger partial charge in [-0.1, -0.05) is 12.5 Å². The zero-order chi connectivity index (χ0) is 8.55.